The molecule has 0 bridgehead atoms. The summed E-state index contributed by atoms with van der Waals surface area (Å²) < 4.78 is 28.7. The highest BCUT2D eigenvalue weighted by atomic mass is 32.2. The van der Waals surface area contributed by atoms with E-state index >= 15 is 0 Å². The summed E-state index contributed by atoms with van der Waals surface area (Å²) in [6.07, 6.45) is 9.00. The van der Waals surface area contributed by atoms with Crippen LogP contribution in [0.3, 0.4) is 0 Å². The van der Waals surface area contributed by atoms with Crippen molar-refractivity contribution in [3.05, 3.63) is 54.4 Å². The lowest BCUT2D eigenvalue weighted by atomic mass is 10.1. The normalized spacial score (nSPS) is 20.4. The lowest BCUT2D eigenvalue weighted by Gasteiger charge is -2.19. The Morgan fingerprint density at radius 1 is 1.07 bits per heavy atom. The van der Waals surface area contributed by atoms with Crippen LogP contribution in [0, 0.1) is 0 Å². The molecule has 2 aliphatic rings. The molecule has 1 atom stereocenters. The molecule has 2 saturated heterocycles. The fourth-order valence-corrected chi connectivity index (χ4v) is 6.28. The van der Waals surface area contributed by atoms with Crippen molar-refractivity contribution in [3.63, 3.8) is 0 Å². The lowest BCUT2D eigenvalue weighted by Crippen LogP contribution is -2.26. The molecule has 2 fully saturated rings. The predicted octanol–water partition coefficient (Wildman–Crippen LogP) is 3.51. The van der Waals surface area contributed by atoms with E-state index in [1.165, 1.54) is 10.4 Å². The van der Waals surface area contributed by atoms with Crippen molar-refractivity contribution in [2.24, 2.45) is 0 Å². The quantitative estimate of drug-likeness (QED) is 0.627. The first-order chi connectivity index (χ1) is 14.5. The largest absolute Gasteiger partial charge is 0.371 e. The van der Waals surface area contributed by atoms with Gasteiger partial charge in [-0.25, -0.2) is 12.4 Å². The maximum atomic E-state index is 13.6. The van der Waals surface area contributed by atoms with Crippen LogP contribution in [0.15, 0.2) is 53.7 Å². The summed E-state index contributed by atoms with van der Waals surface area (Å²) in [5.41, 5.74) is 3.43. The lowest BCUT2D eigenvalue weighted by molar-refractivity contribution is 0.309. The summed E-state index contributed by atoms with van der Waals surface area (Å²) in [6.45, 7) is 3.07. The molecular weight excluding hydrogens is 396 g/mol. The summed E-state index contributed by atoms with van der Waals surface area (Å²) in [7, 11) is -1.56. The first-order valence-electron chi connectivity index (χ1n) is 10.8. The zero-order chi connectivity index (χ0) is 20.7. The topological polar surface area (TPSA) is 58.4 Å². The summed E-state index contributed by atoms with van der Waals surface area (Å²) in [4.78, 5) is 9.50. The van der Waals surface area contributed by atoms with Gasteiger partial charge in [-0.15, -0.1) is 0 Å². The van der Waals surface area contributed by atoms with Crippen molar-refractivity contribution in [2.45, 2.75) is 43.0 Å². The van der Waals surface area contributed by atoms with Gasteiger partial charge in [-0.2, -0.15) is 0 Å². The Bertz CT molecular complexity index is 1160. The molecule has 6 nitrogen and oxygen atoms in total. The van der Waals surface area contributed by atoms with E-state index in [1.54, 1.807) is 24.5 Å². The average molecular weight is 425 g/mol. The number of fused-ring (bicyclic) bond motifs is 1. The molecule has 1 aromatic carbocycles. The second-order valence-corrected chi connectivity index (χ2v) is 10.3. The van der Waals surface area contributed by atoms with Gasteiger partial charge in [0.15, 0.2) is 0 Å². The third-order valence-corrected chi connectivity index (χ3v) is 8.24. The summed E-state index contributed by atoms with van der Waals surface area (Å²) in [6, 6.07) is 11.5. The number of hydrogen-bond donors (Lipinski definition) is 0. The van der Waals surface area contributed by atoms with Crippen LogP contribution in [0.2, 0.25) is 0 Å². The molecule has 4 heterocycles. The first-order valence-corrected chi connectivity index (χ1v) is 12.2. The Hall–Kier alpha value is -2.38. The van der Waals surface area contributed by atoms with Crippen LogP contribution >= 0.6 is 0 Å². The Kier molecular flexibility index (Phi) is 5.03. The molecule has 5 rings (SSSR count). The van der Waals surface area contributed by atoms with Crippen molar-refractivity contribution in [2.75, 3.05) is 31.6 Å². The Labute approximate surface area is 178 Å². The van der Waals surface area contributed by atoms with Crippen molar-refractivity contribution >= 4 is 26.7 Å². The van der Waals surface area contributed by atoms with Gasteiger partial charge in [0.1, 0.15) is 0 Å². The monoisotopic (exact) mass is 424 g/mol. The molecule has 0 radical (unpaired) electrons. The van der Waals surface area contributed by atoms with Gasteiger partial charge < -0.3 is 9.80 Å². The summed E-state index contributed by atoms with van der Waals surface area (Å²) in [5.74, 6) is 0. The standard InChI is InChI=1S/C23H28N4O2S/c1-25-12-6-8-19(25)15-18-17-27(22-10-5-11-24-23(18)22)30(28,29)21-9-4-7-20(16-21)26-13-2-3-14-26/h4-5,7,9-11,16-17,19H,2-3,6,8,12-15H2,1H3. The number of rotatable bonds is 5. The number of likely N-dealkylation sites (tertiary alicyclic amines) is 1. The third-order valence-electron chi connectivity index (χ3n) is 6.57. The van der Waals surface area contributed by atoms with Gasteiger partial charge >= 0.3 is 0 Å². The van der Waals surface area contributed by atoms with Crippen LogP contribution in [0.5, 0.6) is 0 Å². The number of nitrogens with zero attached hydrogens (tertiary/aromatic N) is 4. The summed E-state index contributed by atoms with van der Waals surface area (Å²) in [5, 5.41) is 0. The smallest absolute Gasteiger partial charge is 0.268 e. The zero-order valence-corrected chi connectivity index (χ0v) is 18.2. The maximum absolute atomic E-state index is 13.6. The molecule has 7 heteroatoms. The molecule has 30 heavy (non-hydrogen) atoms. The van der Waals surface area contributed by atoms with Gasteiger partial charge in [-0.05, 0) is 81.6 Å². The van der Waals surface area contributed by atoms with Crippen LogP contribution in [-0.2, 0) is 16.4 Å². The molecule has 2 aromatic heterocycles. The van der Waals surface area contributed by atoms with Crippen molar-refractivity contribution in [3.8, 4) is 0 Å². The molecule has 0 N–H and O–H groups in total. The van der Waals surface area contributed by atoms with E-state index in [4.69, 9.17) is 0 Å². The number of aromatic nitrogens is 2. The fraction of sp³-hybridized carbons (Fsp3) is 0.435. The molecule has 2 aliphatic heterocycles. The highest BCUT2D eigenvalue weighted by Gasteiger charge is 2.26. The van der Waals surface area contributed by atoms with E-state index in [1.807, 2.05) is 24.3 Å². The van der Waals surface area contributed by atoms with Crippen LogP contribution in [0.1, 0.15) is 31.2 Å². The number of hydrogen-bond acceptors (Lipinski definition) is 5. The molecule has 3 aromatic rings. The first kappa shape index (κ1) is 19.6. The molecule has 0 saturated carbocycles. The van der Waals surface area contributed by atoms with E-state index in [2.05, 4.69) is 21.8 Å². The molecular formula is C23H28N4O2S. The van der Waals surface area contributed by atoms with E-state index in [0.29, 0.717) is 16.5 Å². The van der Waals surface area contributed by atoms with E-state index < -0.39 is 10.0 Å². The van der Waals surface area contributed by atoms with Gasteiger partial charge in [-0.3, -0.25) is 4.98 Å². The minimum atomic E-state index is -3.71. The van der Waals surface area contributed by atoms with Crippen molar-refractivity contribution < 1.29 is 8.42 Å². The molecule has 0 amide bonds. The van der Waals surface area contributed by atoms with Crippen LogP contribution in [-0.4, -0.2) is 55.0 Å². The van der Waals surface area contributed by atoms with Crippen LogP contribution in [0.25, 0.3) is 11.0 Å². The van der Waals surface area contributed by atoms with Crippen molar-refractivity contribution in [1.82, 2.24) is 13.9 Å². The number of anilines is 1. The Balaban J connectivity index is 1.56. The fourth-order valence-electron chi connectivity index (χ4n) is 4.86. The van der Waals surface area contributed by atoms with Gasteiger partial charge in [-0.1, -0.05) is 6.07 Å². The highest BCUT2D eigenvalue weighted by Crippen LogP contribution is 2.30. The van der Waals surface area contributed by atoms with Crippen LogP contribution < -0.4 is 4.90 Å². The van der Waals surface area contributed by atoms with Gasteiger partial charge in [0.2, 0.25) is 0 Å². The van der Waals surface area contributed by atoms with Crippen molar-refractivity contribution in [1.29, 1.82) is 0 Å². The van der Waals surface area contributed by atoms with Crippen LogP contribution in [0.4, 0.5) is 5.69 Å². The average Bonchev–Trinajstić information content (AvgIpc) is 3.50. The van der Waals surface area contributed by atoms with Gasteiger partial charge in [0.05, 0.1) is 15.9 Å². The number of pyridine rings is 1. The maximum Gasteiger partial charge on any atom is 0.268 e. The molecule has 1 unspecified atom stereocenters. The number of benzene rings is 1. The minimum Gasteiger partial charge on any atom is -0.371 e. The molecule has 0 aliphatic carbocycles. The van der Waals surface area contributed by atoms with E-state index in [-0.39, 0.29) is 0 Å². The molecule has 0 spiro atoms. The van der Waals surface area contributed by atoms with E-state index in [0.717, 1.165) is 62.1 Å². The Morgan fingerprint density at radius 2 is 1.90 bits per heavy atom. The third kappa shape index (κ3) is 3.40. The van der Waals surface area contributed by atoms with E-state index in [9.17, 15) is 8.42 Å². The minimum absolute atomic E-state index is 0.331. The predicted molar refractivity (Wildman–Crippen MR) is 120 cm³/mol. The van der Waals surface area contributed by atoms with Gasteiger partial charge in [0, 0.05) is 37.2 Å². The number of likely N-dealkylation sites (N-methyl/N-ethyl adjacent to an activating group) is 1. The SMILES string of the molecule is CN1CCCC1Cc1cn(S(=O)(=O)c2cccc(N3CCCC3)c2)c2cccnc12. The highest BCUT2D eigenvalue weighted by molar-refractivity contribution is 7.90. The second-order valence-electron chi connectivity index (χ2n) is 8.50. The van der Waals surface area contributed by atoms with Gasteiger partial charge in [0.25, 0.3) is 10.0 Å². The summed E-state index contributed by atoms with van der Waals surface area (Å²) >= 11 is 0. The Morgan fingerprint density at radius 3 is 2.67 bits per heavy atom. The second kappa shape index (κ2) is 7.71. The zero-order valence-electron chi connectivity index (χ0n) is 17.4. The molecule has 158 valence electrons.